The molecule has 0 saturated carbocycles. The molecule has 1 aromatic carbocycles. The van der Waals surface area contributed by atoms with Gasteiger partial charge in [0.05, 0.1) is 5.69 Å². The van der Waals surface area contributed by atoms with E-state index in [1.165, 1.54) is 5.56 Å². The molecule has 0 saturated heterocycles. The summed E-state index contributed by atoms with van der Waals surface area (Å²) in [5.41, 5.74) is 11.2. The van der Waals surface area contributed by atoms with Crippen molar-refractivity contribution >= 4 is 11.0 Å². The lowest BCUT2D eigenvalue weighted by molar-refractivity contribution is 0.922. The quantitative estimate of drug-likeness (QED) is 0.776. The predicted molar refractivity (Wildman–Crippen MR) is 81.3 cm³/mol. The van der Waals surface area contributed by atoms with Crippen LogP contribution in [0.2, 0.25) is 0 Å². The molecule has 0 unspecified atom stereocenters. The van der Waals surface area contributed by atoms with Gasteiger partial charge in [-0.25, -0.2) is 9.97 Å². The van der Waals surface area contributed by atoms with Crippen LogP contribution in [0.25, 0.3) is 22.3 Å². The average Bonchev–Trinajstić information content (AvgIpc) is 2.75. The highest BCUT2D eigenvalue weighted by Crippen LogP contribution is 2.30. The average molecular weight is 266 g/mol. The molecule has 3 rings (SSSR count). The number of nitrogens with zero attached hydrogens (tertiary/aromatic N) is 3. The fourth-order valence-corrected chi connectivity index (χ4v) is 2.62. The van der Waals surface area contributed by atoms with Gasteiger partial charge in [-0.15, -0.1) is 0 Å². The normalized spacial score (nSPS) is 11.2. The largest absolute Gasteiger partial charge is 0.335 e. The van der Waals surface area contributed by atoms with E-state index < -0.39 is 0 Å². The topological polar surface area (TPSA) is 56.7 Å². The number of rotatable bonds is 2. The molecule has 0 amide bonds. The molecule has 102 valence electrons. The lowest BCUT2D eigenvalue weighted by Gasteiger charge is -2.07. The van der Waals surface area contributed by atoms with Crippen LogP contribution in [-0.2, 0) is 13.6 Å². The summed E-state index contributed by atoms with van der Waals surface area (Å²) in [7, 11) is 1.99. The number of aromatic nitrogens is 3. The maximum atomic E-state index is 5.88. The summed E-state index contributed by atoms with van der Waals surface area (Å²) >= 11 is 0. The number of benzene rings is 1. The first-order valence-corrected chi connectivity index (χ1v) is 6.70. The lowest BCUT2D eigenvalue weighted by Crippen LogP contribution is -1.98. The highest BCUT2D eigenvalue weighted by Gasteiger charge is 2.15. The smallest absolute Gasteiger partial charge is 0.144 e. The van der Waals surface area contributed by atoms with Gasteiger partial charge < -0.3 is 10.3 Å². The Morgan fingerprint density at radius 3 is 2.70 bits per heavy atom. The zero-order valence-electron chi connectivity index (χ0n) is 12.0. The first-order valence-electron chi connectivity index (χ1n) is 6.70. The third-order valence-electron chi connectivity index (χ3n) is 3.52. The standard InChI is InChI=1S/C16H18N4/c1-10-5-4-6-12(7-10)15-14-13(8-17)9-20(3)16(14)19-11(2)18-15/h4-7,9H,8,17H2,1-3H3. The second-order valence-electron chi connectivity index (χ2n) is 5.16. The minimum absolute atomic E-state index is 0.489. The highest BCUT2D eigenvalue weighted by atomic mass is 15.0. The molecular formula is C16H18N4. The zero-order chi connectivity index (χ0) is 14.3. The number of hydrogen-bond acceptors (Lipinski definition) is 3. The summed E-state index contributed by atoms with van der Waals surface area (Å²) in [5, 5.41) is 1.06. The number of aryl methyl sites for hydroxylation is 3. The summed E-state index contributed by atoms with van der Waals surface area (Å²) in [4.78, 5) is 9.20. The van der Waals surface area contributed by atoms with Crippen LogP contribution in [0, 0.1) is 13.8 Å². The predicted octanol–water partition coefficient (Wildman–Crippen LogP) is 2.71. The summed E-state index contributed by atoms with van der Waals surface area (Å²) in [6, 6.07) is 8.37. The molecule has 0 spiro atoms. The molecule has 0 fully saturated rings. The maximum absolute atomic E-state index is 5.88. The molecule has 2 aromatic heterocycles. The molecule has 3 aromatic rings. The van der Waals surface area contributed by atoms with Crippen molar-refractivity contribution in [2.75, 3.05) is 0 Å². The Balaban J connectivity index is 2.40. The van der Waals surface area contributed by atoms with Crippen molar-refractivity contribution in [2.24, 2.45) is 12.8 Å². The molecule has 4 heteroatoms. The van der Waals surface area contributed by atoms with Crippen molar-refractivity contribution in [1.82, 2.24) is 14.5 Å². The highest BCUT2D eigenvalue weighted by molar-refractivity contribution is 5.94. The Bertz CT molecular complexity index is 787. The van der Waals surface area contributed by atoms with E-state index in [-0.39, 0.29) is 0 Å². The molecule has 0 bridgehead atoms. The maximum Gasteiger partial charge on any atom is 0.144 e. The Kier molecular flexibility index (Phi) is 3.03. The van der Waals surface area contributed by atoms with Gasteiger partial charge in [-0.05, 0) is 25.5 Å². The van der Waals surface area contributed by atoms with Crippen LogP contribution in [0.5, 0.6) is 0 Å². The molecular weight excluding hydrogens is 248 g/mol. The number of fused-ring (bicyclic) bond motifs is 1. The van der Waals surface area contributed by atoms with E-state index in [2.05, 4.69) is 41.2 Å². The SMILES string of the molecule is Cc1cccc(-c2nc(C)nc3c2c(CN)cn3C)c1. The van der Waals surface area contributed by atoms with E-state index in [1.807, 2.05) is 24.7 Å². The fourth-order valence-electron chi connectivity index (χ4n) is 2.62. The molecule has 0 aliphatic heterocycles. The molecule has 0 aliphatic carbocycles. The Labute approximate surface area is 118 Å². The van der Waals surface area contributed by atoms with Gasteiger partial charge in [-0.3, -0.25) is 0 Å². The Morgan fingerprint density at radius 2 is 2.00 bits per heavy atom. The number of hydrogen-bond donors (Lipinski definition) is 1. The molecule has 2 N–H and O–H groups in total. The fraction of sp³-hybridized carbons (Fsp3) is 0.250. The van der Waals surface area contributed by atoms with Crippen molar-refractivity contribution in [3.8, 4) is 11.3 Å². The second-order valence-corrected chi connectivity index (χ2v) is 5.16. The lowest BCUT2D eigenvalue weighted by atomic mass is 10.0. The van der Waals surface area contributed by atoms with E-state index in [1.54, 1.807) is 0 Å². The van der Waals surface area contributed by atoms with E-state index in [9.17, 15) is 0 Å². The van der Waals surface area contributed by atoms with E-state index in [0.717, 1.165) is 33.7 Å². The molecule has 2 heterocycles. The van der Waals surface area contributed by atoms with E-state index >= 15 is 0 Å². The van der Waals surface area contributed by atoms with Crippen LogP contribution >= 0.6 is 0 Å². The monoisotopic (exact) mass is 266 g/mol. The number of nitrogens with two attached hydrogens (primary N) is 1. The van der Waals surface area contributed by atoms with Gasteiger partial charge in [0.15, 0.2) is 0 Å². The van der Waals surface area contributed by atoms with Crippen molar-refractivity contribution < 1.29 is 0 Å². The van der Waals surface area contributed by atoms with Crippen LogP contribution in [0.4, 0.5) is 0 Å². The van der Waals surface area contributed by atoms with Gasteiger partial charge in [0.25, 0.3) is 0 Å². The Morgan fingerprint density at radius 1 is 1.20 bits per heavy atom. The van der Waals surface area contributed by atoms with Crippen molar-refractivity contribution in [1.29, 1.82) is 0 Å². The van der Waals surface area contributed by atoms with Gasteiger partial charge in [-0.2, -0.15) is 0 Å². The van der Waals surface area contributed by atoms with Crippen LogP contribution < -0.4 is 5.73 Å². The van der Waals surface area contributed by atoms with Gasteiger partial charge in [-0.1, -0.05) is 23.8 Å². The van der Waals surface area contributed by atoms with E-state index in [0.29, 0.717) is 6.54 Å². The Hall–Kier alpha value is -2.20. The first kappa shape index (κ1) is 12.8. The summed E-state index contributed by atoms with van der Waals surface area (Å²) < 4.78 is 2.02. The summed E-state index contributed by atoms with van der Waals surface area (Å²) in [6.45, 7) is 4.50. The molecule has 20 heavy (non-hydrogen) atoms. The third-order valence-corrected chi connectivity index (χ3v) is 3.52. The third kappa shape index (κ3) is 1.98. The van der Waals surface area contributed by atoms with Crippen LogP contribution in [-0.4, -0.2) is 14.5 Å². The van der Waals surface area contributed by atoms with Crippen molar-refractivity contribution in [3.63, 3.8) is 0 Å². The summed E-state index contributed by atoms with van der Waals surface area (Å²) in [5.74, 6) is 0.777. The summed E-state index contributed by atoms with van der Waals surface area (Å²) in [6.07, 6.45) is 2.04. The van der Waals surface area contributed by atoms with Crippen LogP contribution in [0.3, 0.4) is 0 Å². The zero-order valence-corrected chi connectivity index (χ0v) is 12.0. The van der Waals surface area contributed by atoms with Gasteiger partial charge >= 0.3 is 0 Å². The second kappa shape index (κ2) is 4.72. The van der Waals surface area contributed by atoms with Crippen molar-refractivity contribution in [3.05, 3.63) is 47.4 Å². The molecule has 0 aliphatic rings. The minimum Gasteiger partial charge on any atom is -0.335 e. The van der Waals surface area contributed by atoms with Gasteiger partial charge in [0, 0.05) is 30.7 Å². The van der Waals surface area contributed by atoms with E-state index in [4.69, 9.17) is 5.73 Å². The molecule has 0 radical (unpaired) electrons. The molecule has 0 atom stereocenters. The van der Waals surface area contributed by atoms with Gasteiger partial charge in [0.1, 0.15) is 11.5 Å². The molecule has 4 nitrogen and oxygen atoms in total. The van der Waals surface area contributed by atoms with Gasteiger partial charge in [0.2, 0.25) is 0 Å². The van der Waals surface area contributed by atoms with Crippen LogP contribution in [0.1, 0.15) is 17.0 Å². The van der Waals surface area contributed by atoms with Crippen molar-refractivity contribution in [2.45, 2.75) is 20.4 Å². The van der Waals surface area contributed by atoms with Crippen LogP contribution in [0.15, 0.2) is 30.5 Å². The minimum atomic E-state index is 0.489. The first-order chi connectivity index (χ1) is 9.60.